The Morgan fingerprint density at radius 2 is 1.91 bits per heavy atom. The smallest absolute Gasteiger partial charge is 0.381 e. The Balaban J connectivity index is 2.01. The van der Waals surface area contributed by atoms with Crippen LogP contribution < -0.4 is 0 Å². The molecule has 3 nitrogen and oxygen atoms in total. The number of nitrogens with zero attached hydrogens (tertiary/aromatic N) is 1. The van der Waals surface area contributed by atoms with E-state index >= 15 is 0 Å². The van der Waals surface area contributed by atoms with E-state index in [9.17, 15) is 18.0 Å². The molecule has 0 aromatic heterocycles. The highest BCUT2D eigenvalue weighted by molar-refractivity contribution is 5.95. The Hall–Kier alpha value is -1.56. The monoisotopic (exact) mass is 315 g/mol. The molecular weight excluding hydrogens is 295 g/mol. The van der Waals surface area contributed by atoms with Crippen molar-refractivity contribution in [2.24, 2.45) is 5.92 Å². The fourth-order valence-electron chi connectivity index (χ4n) is 2.64. The van der Waals surface area contributed by atoms with Crippen LogP contribution in [0.1, 0.15) is 35.2 Å². The summed E-state index contributed by atoms with van der Waals surface area (Å²) in [7, 11) is 1.55. The van der Waals surface area contributed by atoms with Crippen LogP contribution in [0.2, 0.25) is 0 Å². The van der Waals surface area contributed by atoms with E-state index in [0.29, 0.717) is 12.5 Å². The van der Waals surface area contributed by atoms with Gasteiger partial charge in [-0.1, -0.05) is 12.1 Å². The minimum absolute atomic E-state index is 0.288. The molecule has 1 heterocycles. The molecule has 2 rings (SSSR count). The summed E-state index contributed by atoms with van der Waals surface area (Å²) >= 11 is 0. The standard InChI is InChI=1S/C16H20F3NO2/c1-20(9-6-12-7-10-22-11-8-12)15(21)13-4-2-3-5-14(13)16(17,18)19/h2-5,12H,6-11H2,1H3. The highest BCUT2D eigenvalue weighted by Crippen LogP contribution is 2.32. The number of hydrogen-bond donors (Lipinski definition) is 0. The fraction of sp³-hybridized carbons (Fsp3) is 0.562. The van der Waals surface area contributed by atoms with Crippen LogP contribution in [-0.2, 0) is 10.9 Å². The molecule has 0 unspecified atom stereocenters. The zero-order valence-electron chi connectivity index (χ0n) is 12.5. The number of carbonyl (C=O) groups is 1. The molecule has 1 amide bonds. The molecule has 1 fully saturated rings. The second-order valence-electron chi connectivity index (χ2n) is 5.61. The number of carbonyl (C=O) groups excluding carboxylic acids is 1. The molecule has 22 heavy (non-hydrogen) atoms. The number of ether oxygens (including phenoxy) is 1. The molecule has 122 valence electrons. The molecule has 1 aliphatic heterocycles. The molecule has 0 saturated carbocycles. The quantitative estimate of drug-likeness (QED) is 0.850. The maximum atomic E-state index is 13.0. The largest absolute Gasteiger partial charge is 0.417 e. The first-order valence-electron chi connectivity index (χ1n) is 7.39. The zero-order chi connectivity index (χ0) is 16.2. The maximum Gasteiger partial charge on any atom is 0.417 e. The van der Waals surface area contributed by atoms with Gasteiger partial charge in [-0.2, -0.15) is 13.2 Å². The highest BCUT2D eigenvalue weighted by Gasteiger charge is 2.35. The minimum Gasteiger partial charge on any atom is -0.381 e. The number of hydrogen-bond acceptors (Lipinski definition) is 2. The summed E-state index contributed by atoms with van der Waals surface area (Å²) in [6, 6.07) is 4.92. The number of benzene rings is 1. The minimum atomic E-state index is -4.52. The SMILES string of the molecule is CN(CCC1CCOCC1)C(=O)c1ccccc1C(F)(F)F. The van der Waals surface area contributed by atoms with Gasteiger partial charge in [-0.3, -0.25) is 4.79 Å². The van der Waals surface area contributed by atoms with Crippen molar-refractivity contribution in [2.75, 3.05) is 26.8 Å². The van der Waals surface area contributed by atoms with Gasteiger partial charge in [0, 0.05) is 26.8 Å². The summed E-state index contributed by atoms with van der Waals surface area (Å²) in [6.07, 6.45) is -1.84. The summed E-state index contributed by atoms with van der Waals surface area (Å²) < 4.78 is 44.2. The Morgan fingerprint density at radius 3 is 2.55 bits per heavy atom. The molecule has 1 saturated heterocycles. The molecule has 1 aromatic carbocycles. The highest BCUT2D eigenvalue weighted by atomic mass is 19.4. The molecule has 0 spiro atoms. The second kappa shape index (κ2) is 7.13. The van der Waals surface area contributed by atoms with Crippen LogP contribution in [0.25, 0.3) is 0 Å². The fourth-order valence-corrected chi connectivity index (χ4v) is 2.64. The van der Waals surface area contributed by atoms with E-state index in [4.69, 9.17) is 4.74 Å². The summed E-state index contributed by atoms with van der Waals surface area (Å²) in [4.78, 5) is 13.7. The number of alkyl halides is 3. The third-order valence-corrected chi connectivity index (χ3v) is 4.02. The normalized spacial score (nSPS) is 16.5. The van der Waals surface area contributed by atoms with E-state index in [2.05, 4.69) is 0 Å². The first kappa shape index (κ1) is 16.8. The maximum absolute atomic E-state index is 13.0. The predicted octanol–water partition coefficient (Wildman–Crippen LogP) is 3.59. The third kappa shape index (κ3) is 4.22. The first-order chi connectivity index (χ1) is 10.4. The van der Waals surface area contributed by atoms with E-state index in [0.717, 1.165) is 38.5 Å². The lowest BCUT2D eigenvalue weighted by Gasteiger charge is -2.25. The van der Waals surface area contributed by atoms with Gasteiger partial charge in [0.15, 0.2) is 0 Å². The number of rotatable bonds is 4. The zero-order valence-corrected chi connectivity index (χ0v) is 12.5. The van der Waals surface area contributed by atoms with Gasteiger partial charge in [0.05, 0.1) is 11.1 Å². The summed E-state index contributed by atoms with van der Waals surface area (Å²) in [5.74, 6) is -0.109. The van der Waals surface area contributed by atoms with Gasteiger partial charge in [-0.25, -0.2) is 0 Å². The molecular formula is C16H20F3NO2. The Morgan fingerprint density at radius 1 is 1.27 bits per heavy atom. The Bertz CT molecular complexity index is 510. The molecule has 6 heteroatoms. The van der Waals surface area contributed by atoms with Crippen LogP contribution in [0.3, 0.4) is 0 Å². The van der Waals surface area contributed by atoms with Gasteiger partial charge in [0.25, 0.3) is 5.91 Å². The van der Waals surface area contributed by atoms with Gasteiger partial charge >= 0.3 is 6.18 Å². The van der Waals surface area contributed by atoms with E-state index < -0.39 is 17.6 Å². The Labute approximate surface area is 128 Å². The van der Waals surface area contributed by atoms with E-state index in [-0.39, 0.29) is 5.56 Å². The Kier molecular flexibility index (Phi) is 5.45. The average Bonchev–Trinajstić information content (AvgIpc) is 2.52. The van der Waals surface area contributed by atoms with Crippen molar-refractivity contribution in [2.45, 2.75) is 25.4 Å². The van der Waals surface area contributed by atoms with Crippen molar-refractivity contribution in [3.63, 3.8) is 0 Å². The average molecular weight is 315 g/mol. The molecule has 0 N–H and O–H groups in total. The van der Waals surface area contributed by atoms with Crippen LogP contribution in [0, 0.1) is 5.92 Å². The summed E-state index contributed by atoms with van der Waals surface area (Å²) in [6.45, 7) is 1.90. The summed E-state index contributed by atoms with van der Waals surface area (Å²) in [5, 5.41) is 0. The topological polar surface area (TPSA) is 29.5 Å². The van der Waals surface area contributed by atoms with E-state index in [1.165, 1.54) is 23.1 Å². The van der Waals surface area contributed by atoms with Gasteiger partial charge in [0.1, 0.15) is 0 Å². The van der Waals surface area contributed by atoms with Crippen LogP contribution in [0.15, 0.2) is 24.3 Å². The van der Waals surface area contributed by atoms with Crippen molar-refractivity contribution in [3.8, 4) is 0 Å². The lowest BCUT2D eigenvalue weighted by atomic mass is 9.96. The molecule has 0 bridgehead atoms. The van der Waals surface area contributed by atoms with Gasteiger partial charge in [0.2, 0.25) is 0 Å². The molecule has 0 radical (unpaired) electrons. The first-order valence-corrected chi connectivity index (χ1v) is 7.39. The van der Waals surface area contributed by atoms with Crippen molar-refractivity contribution in [1.29, 1.82) is 0 Å². The second-order valence-corrected chi connectivity index (χ2v) is 5.61. The van der Waals surface area contributed by atoms with Crippen molar-refractivity contribution >= 4 is 5.91 Å². The molecule has 0 atom stereocenters. The van der Waals surface area contributed by atoms with Crippen LogP contribution in [0.5, 0.6) is 0 Å². The molecule has 1 aliphatic rings. The van der Waals surface area contributed by atoms with Crippen molar-refractivity contribution in [1.82, 2.24) is 4.90 Å². The van der Waals surface area contributed by atoms with E-state index in [1.54, 1.807) is 7.05 Å². The van der Waals surface area contributed by atoms with Gasteiger partial charge in [-0.15, -0.1) is 0 Å². The third-order valence-electron chi connectivity index (χ3n) is 4.02. The molecule has 0 aliphatic carbocycles. The van der Waals surface area contributed by atoms with Crippen molar-refractivity contribution < 1.29 is 22.7 Å². The summed E-state index contributed by atoms with van der Waals surface area (Å²) in [5.41, 5.74) is -1.16. The van der Waals surface area contributed by atoms with Crippen molar-refractivity contribution in [3.05, 3.63) is 35.4 Å². The van der Waals surface area contributed by atoms with E-state index in [1.807, 2.05) is 0 Å². The number of halogens is 3. The lowest BCUT2D eigenvalue weighted by Crippen LogP contribution is -2.31. The van der Waals surface area contributed by atoms with Gasteiger partial charge in [-0.05, 0) is 37.3 Å². The number of amides is 1. The predicted molar refractivity (Wildman–Crippen MR) is 76.6 cm³/mol. The van der Waals surface area contributed by atoms with Crippen LogP contribution in [-0.4, -0.2) is 37.6 Å². The molecule has 1 aromatic rings. The van der Waals surface area contributed by atoms with Crippen LogP contribution >= 0.6 is 0 Å². The van der Waals surface area contributed by atoms with Crippen LogP contribution in [0.4, 0.5) is 13.2 Å². The lowest BCUT2D eigenvalue weighted by molar-refractivity contribution is -0.138. The van der Waals surface area contributed by atoms with Gasteiger partial charge < -0.3 is 9.64 Å².